The van der Waals surface area contributed by atoms with E-state index in [2.05, 4.69) is 17.1 Å². The fraction of sp³-hybridized carbons (Fsp3) is 0.381. The summed E-state index contributed by atoms with van der Waals surface area (Å²) in [6.45, 7) is 4.47. The minimum atomic E-state index is -0.163. The van der Waals surface area contributed by atoms with E-state index in [0.717, 1.165) is 25.3 Å². The van der Waals surface area contributed by atoms with Crippen LogP contribution in [0.25, 0.3) is 0 Å². The van der Waals surface area contributed by atoms with Gasteiger partial charge < -0.3 is 14.8 Å². The van der Waals surface area contributed by atoms with Crippen molar-refractivity contribution in [1.29, 1.82) is 0 Å². The largest absolute Gasteiger partial charge is 0.493 e. The van der Waals surface area contributed by atoms with Gasteiger partial charge in [-0.25, -0.2) is 0 Å². The number of carbonyl (C=O) groups is 1. The summed E-state index contributed by atoms with van der Waals surface area (Å²) < 4.78 is 10.9. The lowest BCUT2D eigenvalue weighted by Crippen LogP contribution is -2.42. The number of methoxy groups -OCH3 is 2. The van der Waals surface area contributed by atoms with Crippen LogP contribution in [0.3, 0.4) is 0 Å². The maximum Gasteiger partial charge on any atom is 0.252 e. The average molecular weight is 389 g/mol. The van der Waals surface area contributed by atoms with Gasteiger partial charge in [0.1, 0.15) is 0 Å². The van der Waals surface area contributed by atoms with Gasteiger partial charge in [-0.3, -0.25) is 9.69 Å². The van der Waals surface area contributed by atoms with Crippen LogP contribution in [0.4, 0.5) is 0 Å². The molecule has 1 N–H and O–H groups in total. The van der Waals surface area contributed by atoms with Crippen LogP contribution in [0.1, 0.15) is 34.5 Å². The monoisotopic (exact) mass is 388 g/mol. The number of hydrogen-bond acceptors (Lipinski definition) is 4. The average Bonchev–Trinajstić information content (AvgIpc) is 2.70. The fourth-order valence-electron chi connectivity index (χ4n) is 3.63. The molecule has 1 aliphatic heterocycles. The third-order valence-electron chi connectivity index (χ3n) is 5.09. The van der Waals surface area contributed by atoms with Crippen LogP contribution in [0.15, 0.2) is 36.4 Å². The molecule has 2 aromatic carbocycles. The highest BCUT2D eigenvalue weighted by Gasteiger charge is 2.28. The first kappa shape index (κ1) is 19.5. The van der Waals surface area contributed by atoms with Gasteiger partial charge >= 0.3 is 0 Å². The standard InChI is InChI=1S/C21H25ClN2O3/c1-4-24-10-9-14-11-19(26-2)20(27-3)12-16(14)18(24)13-23-21(25)15-7-5-6-8-17(15)22/h5-8,11-12,18H,4,9-10,13H2,1-3H3,(H,23,25)/t18-/m1/s1. The summed E-state index contributed by atoms with van der Waals surface area (Å²) in [4.78, 5) is 14.9. The highest BCUT2D eigenvalue weighted by Crippen LogP contribution is 2.37. The second-order valence-electron chi connectivity index (χ2n) is 6.49. The fourth-order valence-corrected chi connectivity index (χ4v) is 3.85. The van der Waals surface area contributed by atoms with Gasteiger partial charge in [-0.1, -0.05) is 30.7 Å². The summed E-state index contributed by atoms with van der Waals surface area (Å²) in [5, 5.41) is 3.50. The Morgan fingerprint density at radius 1 is 1.22 bits per heavy atom. The Kier molecular flexibility index (Phi) is 6.24. The number of nitrogens with zero attached hydrogens (tertiary/aromatic N) is 1. The number of likely N-dealkylation sites (N-methyl/N-ethyl adjacent to an activating group) is 1. The summed E-state index contributed by atoms with van der Waals surface area (Å²) in [5.74, 6) is 1.28. The summed E-state index contributed by atoms with van der Waals surface area (Å²) in [6.07, 6.45) is 0.943. The van der Waals surface area contributed by atoms with Crippen LogP contribution < -0.4 is 14.8 Å². The van der Waals surface area contributed by atoms with E-state index in [0.29, 0.717) is 22.9 Å². The van der Waals surface area contributed by atoms with Gasteiger partial charge in [0.15, 0.2) is 11.5 Å². The molecule has 0 aromatic heterocycles. The first-order chi connectivity index (χ1) is 13.1. The molecular weight excluding hydrogens is 364 g/mol. The van der Waals surface area contributed by atoms with Gasteiger partial charge in [-0.05, 0) is 48.4 Å². The van der Waals surface area contributed by atoms with Gasteiger partial charge in [0, 0.05) is 13.1 Å². The molecule has 3 rings (SSSR count). The smallest absolute Gasteiger partial charge is 0.252 e. The highest BCUT2D eigenvalue weighted by atomic mass is 35.5. The lowest BCUT2D eigenvalue weighted by atomic mass is 9.91. The number of halogens is 1. The molecule has 0 unspecified atom stereocenters. The Labute approximate surface area is 165 Å². The number of fused-ring (bicyclic) bond motifs is 1. The Bertz CT molecular complexity index is 825. The molecule has 5 nitrogen and oxygen atoms in total. The number of carbonyl (C=O) groups excluding carboxylic acids is 1. The molecule has 6 heteroatoms. The maximum absolute atomic E-state index is 12.6. The van der Waals surface area contributed by atoms with Crippen molar-refractivity contribution in [2.75, 3.05) is 33.9 Å². The van der Waals surface area contributed by atoms with Crippen LogP contribution >= 0.6 is 11.6 Å². The number of rotatable bonds is 6. The Morgan fingerprint density at radius 3 is 2.59 bits per heavy atom. The third-order valence-corrected chi connectivity index (χ3v) is 5.42. The van der Waals surface area contributed by atoms with E-state index >= 15 is 0 Å². The number of hydrogen-bond donors (Lipinski definition) is 1. The molecule has 0 radical (unpaired) electrons. The number of benzene rings is 2. The Hall–Kier alpha value is -2.24. The quantitative estimate of drug-likeness (QED) is 0.819. The minimum Gasteiger partial charge on any atom is -0.493 e. The molecule has 0 spiro atoms. The molecule has 0 bridgehead atoms. The number of amides is 1. The van der Waals surface area contributed by atoms with Crippen molar-refractivity contribution in [1.82, 2.24) is 10.2 Å². The van der Waals surface area contributed by atoms with E-state index < -0.39 is 0 Å². The molecule has 1 aliphatic rings. The Balaban J connectivity index is 1.85. The van der Waals surface area contributed by atoms with Crippen LogP contribution in [-0.2, 0) is 6.42 Å². The van der Waals surface area contributed by atoms with Crippen molar-refractivity contribution in [3.05, 3.63) is 58.1 Å². The van der Waals surface area contributed by atoms with Gasteiger partial charge in [0.2, 0.25) is 0 Å². The molecule has 0 saturated heterocycles. The summed E-state index contributed by atoms with van der Waals surface area (Å²) in [5.41, 5.74) is 2.89. The second kappa shape index (κ2) is 8.63. The lowest BCUT2D eigenvalue weighted by Gasteiger charge is -2.37. The van der Waals surface area contributed by atoms with Crippen molar-refractivity contribution in [3.8, 4) is 11.5 Å². The topological polar surface area (TPSA) is 50.8 Å². The first-order valence-corrected chi connectivity index (χ1v) is 9.48. The van der Waals surface area contributed by atoms with Crippen LogP contribution in [0.2, 0.25) is 5.02 Å². The molecule has 2 aromatic rings. The van der Waals surface area contributed by atoms with Crippen molar-refractivity contribution in [3.63, 3.8) is 0 Å². The Morgan fingerprint density at radius 2 is 1.93 bits per heavy atom. The van der Waals surface area contributed by atoms with E-state index in [1.165, 1.54) is 11.1 Å². The molecule has 27 heavy (non-hydrogen) atoms. The maximum atomic E-state index is 12.6. The second-order valence-corrected chi connectivity index (χ2v) is 6.90. The number of ether oxygens (including phenoxy) is 2. The first-order valence-electron chi connectivity index (χ1n) is 9.10. The SMILES string of the molecule is CCN1CCc2cc(OC)c(OC)cc2[C@H]1CNC(=O)c1ccccc1Cl. The van der Waals surface area contributed by atoms with Gasteiger partial charge in [0.25, 0.3) is 5.91 Å². The molecular formula is C21H25ClN2O3. The van der Waals surface area contributed by atoms with Crippen LogP contribution in [0.5, 0.6) is 11.5 Å². The van der Waals surface area contributed by atoms with Crippen LogP contribution in [-0.4, -0.2) is 44.7 Å². The van der Waals surface area contributed by atoms with Crippen molar-refractivity contribution < 1.29 is 14.3 Å². The highest BCUT2D eigenvalue weighted by molar-refractivity contribution is 6.33. The number of nitrogens with one attached hydrogen (secondary N) is 1. The van der Waals surface area contributed by atoms with E-state index in [1.807, 2.05) is 24.3 Å². The van der Waals surface area contributed by atoms with Crippen molar-refractivity contribution in [2.24, 2.45) is 0 Å². The van der Waals surface area contributed by atoms with Crippen LogP contribution in [0, 0.1) is 0 Å². The molecule has 0 aliphatic carbocycles. The molecule has 1 atom stereocenters. The molecule has 0 fully saturated rings. The normalized spacial score (nSPS) is 16.5. The molecule has 144 valence electrons. The van der Waals surface area contributed by atoms with Gasteiger partial charge in [-0.2, -0.15) is 0 Å². The third kappa shape index (κ3) is 4.04. The van der Waals surface area contributed by atoms with E-state index in [-0.39, 0.29) is 11.9 Å². The predicted molar refractivity (Wildman–Crippen MR) is 107 cm³/mol. The zero-order chi connectivity index (χ0) is 19.4. The summed E-state index contributed by atoms with van der Waals surface area (Å²) in [7, 11) is 3.28. The minimum absolute atomic E-state index is 0.0741. The molecule has 1 amide bonds. The van der Waals surface area contributed by atoms with Gasteiger partial charge in [0.05, 0.1) is 30.8 Å². The molecule has 1 heterocycles. The summed E-state index contributed by atoms with van der Waals surface area (Å²) >= 11 is 6.15. The lowest BCUT2D eigenvalue weighted by molar-refractivity contribution is 0.0930. The van der Waals surface area contributed by atoms with E-state index in [1.54, 1.807) is 26.4 Å². The van der Waals surface area contributed by atoms with Crippen molar-refractivity contribution >= 4 is 17.5 Å². The zero-order valence-corrected chi connectivity index (χ0v) is 16.7. The van der Waals surface area contributed by atoms with Crippen molar-refractivity contribution in [2.45, 2.75) is 19.4 Å². The van der Waals surface area contributed by atoms with E-state index in [4.69, 9.17) is 21.1 Å². The summed E-state index contributed by atoms with van der Waals surface area (Å²) in [6, 6.07) is 11.2. The van der Waals surface area contributed by atoms with E-state index in [9.17, 15) is 4.79 Å². The molecule has 0 saturated carbocycles. The zero-order valence-electron chi connectivity index (χ0n) is 15.9. The van der Waals surface area contributed by atoms with Gasteiger partial charge in [-0.15, -0.1) is 0 Å². The predicted octanol–water partition coefficient (Wildman–Crippen LogP) is 3.71.